The van der Waals surface area contributed by atoms with Gasteiger partial charge in [0.25, 0.3) is 0 Å². The van der Waals surface area contributed by atoms with Crippen LogP contribution in [0.2, 0.25) is 0 Å². The summed E-state index contributed by atoms with van der Waals surface area (Å²) in [6.45, 7) is 19.0. The summed E-state index contributed by atoms with van der Waals surface area (Å²) in [6.07, 6.45) is 1.87. The smallest absolute Gasteiger partial charge is 0.0372 e. The zero-order valence-corrected chi connectivity index (χ0v) is 16.6. The minimum Gasteiger partial charge on any atom is -0.303 e. The molecule has 0 spiro atoms. The molecule has 0 aliphatic carbocycles. The van der Waals surface area contributed by atoms with E-state index in [2.05, 4.69) is 48.8 Å². The van der Waals surface area contributed by atoms with Crippen LogP contribution < -0.4 is 0 Å². The third-order valence-electron chi connectivity index (χ3n) is 3.60. The van der Waals surface area contributed by atoms with Gasteiger partial charge in [-0.15, -0.1) is 0 Å². The van der Waals surface area contributed by atoms with Gasteiger partial charge in [0.1, 0.15) is 0 Å². The van der Waals surface area contributed by atoms with Gasteiger partial charge in [-0.3, -0.25) is 9.88 Å². The molecule has 1 aromatic rings. The first-order chi connectivity index (χ1) is 10.4. The van der Waals surface area contributed by atoms with Crippen molar-refractivity contribution in [2.75, 3.05) is 27.2 Å². The number of hydrogen-bond donors (Lipinski definition) is 0. The fourth-order valence-electron chi connectivity index (χ4n) is 2.21. The van der Waals surface area contributed by atoms with E-state index in [4.69, 9.17) is 0 Å². The first-order valence-corrected chi connectivity index (χ1v) is 8.70. The zero-order chi connectivity index (χ0) is 17.7. The highest BCUT2D eigenvalue weighted by atomic mass is 15.3. The van der Waals surface area contributed by atoms with Crippen LogP contribution in [0.15, 0.2) is 18.3 Å². The number of rotatable bonds is 0. The number of hydrogen-bond acceptors (Lipinski definition) is 3. The third kappa shape index (κ3) is 9.91. The predicted molar refractivity (Wildman–Crippen MR) is 101 cm³/mol. The number of aryl methyl sites for hydroxylation is 2. The summed E-state index contributed by atoms with van der Waals surface area (Å²) in [7, 11) is 4.41. The van der Waals surface area contributed by atoms with Crippen LogP contribution in [0.4, 0.5) is 0 Å². The Balaban J connectivity index is 0. The zero-order valence-electron chi connectivity index (χ0n) is 16.6. The van der Waals surface area contributed by atoms with Gasteiger partial charge in [0.15, 0.2) is 0 Å². The molecule has 2 rings (SSSR count). The summed E-state index contributed by atoms with van der Waals surface area (Å²) in [6, 6.07) is 5.50. The van der Waals surface area contributed by atoms with Gasteiger partial charge in [0, 0.05) is 37.1 Å². The number of pyridine rings is 1. The molecule has 0 radical (unpaired) electrons. The molecular formula is C19H39N3. The molecule has 3 heteroatoms. The molecular weight excluding hydrogens is 270 g/mol. The molecule has 1 saturated heterocycles. The summed E-state index contributed by atoms with van der Waals surface area (Å²) < 4.78 is 0. The maximum atomic E-state index is 4.08. The van der Waals surface area contributed by atoms with Crippen LogP contribution >= 0.6 is 0 Å². The maximum Gasteiger partial charge on any atom is 0.0372 e. The van der Waals surface area contributed by atoms with E-state index in [0.29, 0.717) is 12.1 Å². The Morgan fingerprint density at radius 3 is 1.68 bits per heavy atom. The molecule has 3 nitrogen and oxygen atoms in total. The molecule has 1 fully saturated rings. The lowest BCUT2D eigenvalue weighted by Gasteiger charge is -2.40. The van der Waals surface area contributed by atoms with Crippen LogP contribution in [0.1, 0.15) is 52.8 Å². The largest absolute Gasteiger partial charge is 0.303 e. The van der Waals surface area contributed by atoms with Crippen LogP contribution in [-0.2, 0) is 0 Å². The fraction of sp³-hybridized carbons (Fsp3) is 0.737. The van der Waals surface area contributed by atoms with Crippen LogP contribution in [-0.4, -0.2) is 54.1 Å². The average molecular weight is 310 g/mol. The van der Waals surface area contributed by atoms with Crippen LogP contribution in [0.25, 0.3) is 0 Å². The first kappa shape index (κ1) is 23.3. The molecule has 1 aliphatic heterocycles. The summed E-state index contributed by atoms with van der Waals surface area (Å²) >= 11 is 0. The fourth-order valence-corrected chi connectivity index (χ4v) is 2.21. The second kappa shape index (κ2) is 13.7. The Bertz CT molecular complexity index is 315. The highest BCUT2D eigenvalue weighted by Crippen LogP contribution is 2.10. The van der Waals surface area contributed by atoms with Gasteiger partial charge in [0.2, 0.25) is 0 Å². The molecule has 0 amide bonds. The molecule has 0 N–H and O–H groups in total. The molecule has 0 saturated carbocycles. The maximum absolute atomic E-state index is 4.08. The molecule has 22 heavy (non-hydrogen) atoms. The van der Waals surface area contributed by atoms with Crippen molar-refractivity contribution in [3.05, 3.63) is 29.6 Å². The number of nitrogens with zero attached hydrogens (tertiary/aromatic N) is 3. The van der Waals surface area contributed by atoms with Gasteiger partial charge in [-0.2, -0.15) is 0 Å². The Hall–Kier alpha value is -0.930. The van der Waals surface area contributed by atoms with E-state index in [0.717, 1.165) is 5.69 Å². The van der Waals surface area contributed by atoms with Gasteiger partial charge >= 0.3 is 0 Å². The lowest BCUT2D eigenvalue weighted by molar-refractivity contribution is 0.0761. The lowest BCUT2D eigenvalue weighted by atomic mass is 10.1. The van der Waals surface area contributed by atoms with E-state index in [1.54, 1.807) is 0 Å². The Labute approximate surface area is 139 Å². The SMILES string of the molecule is CC.CC.C[C@@H]1CN(C)C[C@H](C)N1C.Cc1ccc(C)nc1. The van der Waals surface area contributed by atoms with Crippen molar-refractivity contribution in [1.82, 2.24) is 14.8 Å². The minimum absolute atomic E-state index is 0.716. The second-order valence-electron chi connectivity index (χ2n) is 5.56. The van der Waals surface area contributed by atoms with Crippen LogP contribution in [0.5, 0.6) is 0 Å². The topological polar surface area (TPSA) is 19.4 Å². The average Bonchev–Trinajstić information content (AvgIpc) is 2.52. The van der Waals surface area contributed by atoms with Crippen LogP contribution in [0, 0.1) is 13.8 Å². The van der Waals surface area contributed by atoms with Crippen molar-refractivity contribution in [2.45, 2.75) is 67.5 Å². The van der Waals surface area contributed by atoms with Gasteiger partial charge in [-0.25, -0.2) is 0 Å². The predicted octanol–water partition coefficient (Wildman–Crippen LogP) is 4.39. The van der Waals surface area contributed by atoms with E-state index >= 15 is 0 Å². The highest BCUT2D eigenvalue weighted by molar-refractivity contribution is 5.10. The minimum atomic E-state index is 0.716. The van der Waals surface area contributed by atoms with Crippen molar-refractivity contribution in [3.8, 4) is 0 Å². The molecule has 0 bridgehead atoms. The summed E-state index contributed by atoms with van der Waals surface area (Å²) in [5.74, 6) is 0. The number of likely N-dealkylation sites (N-methyl/N-ethyl adjacent to an activating group) is 2. The van der Waals surface area contributed by atoms with E-state index in [9.17, 15) is 0 Å². The number of piperazine rings is 1. The molecule has 0 unspecified atom stereocenters. The normalized spacial score (nSPS) is 21.4. The standard InChI is InChI=1S/C8H18N2.C7H9N.2C2H6/c1-7-5-9(3)6-8(2)10(7)4;1-6-3-4-7(2)8-5-6;2*1-2/h7-8H,5-6H2,1-4H3;3-5H,1-2H3;2*1-2H3/t7-,8+;;;. The molecule has 130 valence electrons. The van der Waals surface area contributed by atoms with E-state index in [1.807, 2.05) is 53.8 Å². The van der Waals surface area contributed by atoms with E-state index < -0.39 is 0 Å². The first-order valence-electron chi connectivity index (χ1n) is 8.70. The summed E-state index contributed by atoms with van der Waals surface area (Å²) in [4.78, 5) is 8.92. The van der Waals surface area contributed by atoms with Crippen molar-refractivity contribution >= 4 is 0 Å². The quantitative estimate of drug-likeness (QED) is 0.708. The highest BCUT2D eigenvalue weighted by Gasteiger charge is 2.23. The summed E-state index contributed by atoms with van der Waals surface area (Å²) in [5, 5.41) is 0. The summed E-state index contributed by atoms with van der Waals surface area (Å²) in [5.41, 5.74) is 2.30. The molecule has 1 aliphatic rings. The van der Waals surface area contributed by atoms with E-state index in [-0.39, 0.29) is 0 Å². The lowest BCUT2D eigenvalue weighted by Crippen LogP contribution is -2.53. The Kier molecular flexibility index (Phi) is 14.5. The van der Waals surface area contributed by atoms with Gasteiger partial charge in [0.05, 0.1) is 0 Å². The third-order valence-corrected chi connectivity index (χ3v) is 3.60. The van der Waals surface area contributed by atoms with Crippen molar-refractivity contribution in [1.29, 1.82) is 0 Å². The molecule has 1 aromatic heterocycles. The van der Waals surface area contributed by atoms with E-state index in [1.165, 1.54) is 18.7 Å². The molecule has 2 atom stereocenters. The Morgan fingerprint density at radius 1 is 0.909 bits per heavy atom. The van der Waals surface area contributed by atoms with Crippen molar-refractivity contribution < 1.29 is 0 Å². The molecule has 2 heterocycles. The van der Waals surface area contributed by atoms with Gasteiger partial charge < -0.3 is 4.90 Å². The van der Waals surface area contributed by atoms with Gasteiger partial charge in [-0.05, 0) is 53.4 Å². The van der Waals surface area contributed by atoms with Crippen molar-refractivity contribution in [3.63, 3.8) is 0 Å². The van der Waals surface area contributed by atoms with Crippen LogP contribution in [0.3, 0.4) is 0 Å². The molecule has 0 aromatic carbocycles. The van der Waals surface area contributed by atoms with Gasteiger partial charge in [-0.1, -0.05) is 33.8 Å². The van der Waals surface area contributed by atoms with Crippen molar-refractivity contribution in [2.24, 2.45) is 0 Å². The number of aromatic nitrogens is 1. The Morgan fingerprint density at radius 2 is 1.36 bits per heavy atom. The second-order valence-corrected chi connectivity index (χ2v) is 5.56. The monoisotopic (exact) mass is 309 g/mol.